The molecule has 4 aromatic rings. The van der Waals surface area contributed by atoms with E-state index < -0.39 is 20.0 Å². The van der Waals surface area contributed by atoms with Gasteiger partial charge in [-0.1, -0.05) is 85.7 Å². The maximum absolute atomic E-state index is 13.3. The summed E-state index contributed by atoms with van der Waals surface area (Å²) in [6.07, 6.45) is 20.0. The minimum Gasteiger partial charge on any atom is -0.399 e. The number of piperidine rings is 2. The molecule has 4 bridgehead atoms. The van der Waals surface area contributed by atoms with Crippen molar-refractivity contribution >= 4 is 37.7 Å². The number of carbonyl (C=O) groups is 1. The Morgan fingerprint density at radius 1 is 0.590 bits per heavy atom. The Morgan fingerprint density at radius 2 is 1.13 bits per heavy atom. The minimum absolute atomic E-state index is 0.323. The second-order valence-corrected chi connectivity index (χ2v) is 21.8. The number of allylic oxidation sites excluding steroid dienone is 2. The highest BCUT2D eigenvalue weighted by Crippen LogP contribution is 2.63. The van der Waals surface area contributed by atoms with Crippen molar-refractivity contribution in [1.82, 2.24) is 8.61 Å². The van der Waals surface area contributed by atoms with Gasteiger partial charge in [0.25, 0.3) is 0 Å². The highest BCUT2D eigenvalue weighted by Gasteiger charge is 2.54. The van der Waals surface area contributed by atoms with E-state index in [4.69, 9.17) is 5.73 Å². The molecule has 4 aromatic carbocycles. The second-order valence-electron chi connectivity index (χ2n) is 18.0. The molecule has 5 fully saturated rings. The number of nitrogen functional groups attached to an aromatic ring is 1. The van der Waals surface area contributed by atoms with Crippen molar-refractivity contribution in [3.8, 4) is 0 Å². The molecule has 3 heterocycles. The van der Waals surface area contributed by atoms with Crippen molar-refractivity contribution in [1.29, 1.82) is 0 Å². The van der Waals surface area contributed by atoms with Crippen LogP contribution in [-0.2, 0) is 20.0 Å². The summed E-state index contributed by atoms with van der Waals surface area (Å²) in [5.74, 6) is 4.46. The van der Waals surface area contributed by atoms with Crippen LogP contribution in [0.2, 0.25) is 0 Å². The Kier molecular flexibility index (Phi) is 13.8. The summed E-state index contributed by atoms with van der Waals surface area (Å²) in [5.41, 5.74) is 10.6. The number of rotatable bonds is 6. The Morgan fingerprint density at radius 3 is 1.66 bits per heavy atom. The molecule has 11 heteroatoms. The molecule has 7 atom stereocenters. The van der Waals surface area contributed by atoms with Gasteiger partial charge in [-0.3, -0.25) is 4.79 Å². The third-order valence-corrected chi connectivity index (χ3v) is 17.9. The predicted molar refractivity (Wildman–Crippen MR) is 244 cm³/mol. The molecule has 7 unspecified atom stereocenters. The summed E-state index contributed by atoms with van der Waals surface area (Å²) in [5, 5.41) is 3.82. The number of nitrogens with zero attached hydrogens (tertiary/aromatic N) is 2. The zero-order chi connectivity index (χ0) is 42.4. The molecule has 9 nitrogen and oxygen atoms in total. The van der Waals surface area contributed by atoms with Crippen molar-refractivity contribution in [3.05, 3.63) is 132 Å². The highest BCUT2D eigenvalue weighted by atomic mass is 32.2. The van der Waals surface area contributed by atoms with E-state index in [1.165, 1.54) is 49.7 Å². The molecule has 7 aliphatic rings. The lowest BCUT2D eigenvalue weighted by atomic mass is 9.68. The molecule has 0 amide bonds. The summed E-state index contributed by atoms with van der Waals surface area (Å²) < 4.78 is 54.3. The van der Waals surface area contributed by atoms with Crippen LogP contribution in [0.15, 0.2) is 125 Å². The van der Waals surface area contributed by atoms with Crippen LogP contribution >= 0.6 is 0 Å². The first-order chi connectivity index (χ1) is 29.6. The number of nitrogens with one attached hydrogen (secondary N) is 1. The van der Waals surface area contributed by atoms with Gasteiger partial charge in [0.2, 0.25) is 20.0 Å². The van der Waals surface area contributed by atoms with E-state index >= 15 is 0 Å². The molecule has 0 aromatic heterocycles. The lowest BCUT2D eigenvalue weighted by molar-refractivity contribution is 0.112. The van der Waals surface area contributed by atoms with Gasteiger partial charge in [-0.25, -0.2) is 16.8 Å². The summed E-state index contributed by atoms with van der Waals surface area (Å²) in [6.45, 7) is 2.58. The standard InChI is InChI=1S/C25H30N2O2S.C11H16N2O2S.C7H6O.C7H10/c28-30(29,27-13-5-2-6-14-27)20-11-12-22-21(16-20)23-18-9-10-19(15-18)24(23)25(26-22)17-7-3-1-4-8-17;12-10-4-6-11(7-5-10)16(14,15)13-8-2-1-3-9-13;8-6-7-4-2-1-3-5-7;1-2-7-4-3-6(1)5-7/h1,3-4,7-8,11-12,16,18-19,23-26H,2,5-6,9-10,13-15H2;4-7H,1-3,8-9,12H2;1-6H;1-2,6-7H,3-5H2. The quantitative estimate of drug-likeness (QED) is 0.112. The Labute approximate surface area is 363 Å². The topological polar surface area (TPSA) is 130 Å². The van der Waals surface area contributed by atoms with Crippen LogP contribution in [0.1, 0.15) is 110 Å². The molecule has 0 spiro atoms. The fraction of sp³-hybridized carbons (Fsp3) is 0.460. The highest BCUT2D eigenvalue weighted by molar-refractivity contribution is 7.89. The summed E-state index contributed by atoms with van der Waals surface area (Å²) in [6, 6.07) is 32.5. The van der Waals surface area contributed by atoms with Crippen molar-refractivity contribution < 1.29 is 21.6 Å². The van der Waals surface area contributed by atoms with E-state index in [0.717, 1.165) is 73.8 Å². The number of anilines is 2. The molecule has 0 radical (unpaired) electrons. The van der Waals surface area contributed by atoms with Crippen LogP contribution in [-0.4, -0.2) is 57.9 Å². The molecule has 3 aliphatic heterocycles. The number of hydrogen-bond acceptors (Lipinski definition) is 7. The van der Waals surface area contributed by atoms with Gasteiger partial charge < -0.3 is 11.1 Å². The third kappa shape index (κ3) is 9.85. The first kappa shape index (κ1) is 43.4. The first-order valence-electron chi connectivity index (χ1n) is 22.6. The number of fused-ring (bicyclic) bond motifs is 9. The lowest BCUT2D eigenvalue weighted by Gasteiger charge is -2.43. The van der Waals surface area contributed by atoms with E-state index in [1.54, 1.807) is 45.0 Å². The smallest absolute Gasteiger partial charge is 0.243 e. The van der Waals surface area contributed by atoms with E-state index in [2.05, 4.69) is 47.8 Å². The fourth-order valence-corrected chi connectivity index (χ4v) is 14.1. The molecule has 3 N–H and O–H groups in total. The van der Waals surface area contributed by atoms with Crippen LogP contribution < -0.4 is 11.1 Å². The molecule has 324 valence electrons. The molecule has 2 saturated heterocycles. The Hall–Kier alpha value is -4.29. The van der Waals surface area contributed by atoms with Crippen molar-refractivity contribution in [2.75, 3.05) is 37.2 Å². The molecule has 11 rings (SSSR count). The normalized spacial score (nSPS) is 27.4. The van der Waals surface area contributed by atoms with Gasteiger partial charge in [0.1, 0.15) is 6.29 Å². The summed E-state index contributed by atoms with van der Waals surface area (Å²) in [4.78, 5) is 10.8. The monoisotopic (exact) mass is 862 g/mol. The van der Waals surface area contributed by atoms with Crippen LogP contribution in [0.5, 0.6) is 0 Å². The minimum atomic E-state index is -3.40. The van der Waals surface area contributed by atoms with Crippen LogP contribution in [0.25, 0.3) is 0 Å². The van der Waals surface area contributed by atoms with Crippen molar-refractivity contribution in [2.24, 2.45) is 29.6 Å². The van der Waals surface area contributed by atoms with Gasteiger partial charge in [-0.2, -0.15) is 8.61 Å². The number of benzene rings is 4. The fourth-order valence-electron chi connectivity index (χ4n) is 11.0. The van der Waals surface area contributed by atoms with E-state index in [-0.39, 0.29) is 0 Å². The number of aldehydes is 1. The van der Waals surface area contributed by atoms with Gasteiger partial charge in [0.15, 0.2) is 0 Å². The number of hydrogen-bond donors (Lipinski definition) is 2. The van der Waals surface area contributed by atoms with Crippen LogP contribution in [0.4, 0.5) is 11.4 Å². The third-order valence-electron chi connectivity index (χ3n) is 14.1. The van der Waals surface area contributed by atoms with Gasteiger partial charge in [0, 0.05) is 43.1 Å². The molecule has 61 heavy (non-hydrogen) atoms. The van der Waals surface area contributed by atoms with Gasteiger partial charge in [-0.05, 0) is 153 Å². The molecule has 3 saturated carbocycles. The average Bonchev–Trinajstić information content (AvgIpc) is 4.16. The van der Waals surface area contributed by atoms with Gasteiger partial charge >= 0.3 is 0 Å². The molecular weight excluding hydrogens is 801 g/mol. The zero-order valence-corrected chi connectivity index (χ0v) is 36.9. The maximum atomic E-state index is 13.3. The molecule has 4 aliphatic carbocycles. The summed E-state index contributed by atoms with van der Waals surface area (Å²) in [7, 11) is -6.70. The van der Waals surface area contributed by atoms with E-state index in [9.17, 15) is 21.6 Å². The van der Waals surface area contributed by atoms with E-state index in [0.29, 0.717) is 65.5 Å². The summed E-state index contributed by atoms with van der Waals surface area (Å²) >= 11 is 0. The Bertz CT molecular complexity index is 2320. The lowest BCUT2D eigenvalue weighted by Crippen LogP contribution is -2.37. The largest absolute Gasteiger partial charge is 0.399 e. The predicted octanol–water partition coefficient (Wildman–Crippen LogP) is 10.1. The van der Waals surface area contributed by atoms with Crippen molar-refractivity contribution in [3.63, 3.8) is 0 Å². The molecular formula is C50H62N4O5S2. The average molecular weight is 863 g/mol. The number of sulfonamides is 2. The van der Waals surface area contributed by atoms with E-state index in [1.807, 2.05) is 36.4 Å². The Balaban J connectivity index is 0.000000136. The SMILES string of the molecule is C1=CC2CCC1C2.Nc1ccc(S(=O)(=O)N2CCCCC2)cc1.O=Cc1ccccc1.O=S(=O)(c1ccc2c(c1)C1C3CCC(C3)C1C(c1ccccc1)N2)N1CCCCC1. The van der Waals surface area contributed by atoms with Gasteiger partial charge in [-0.15, -0.1) is 0 Å². The number of carbonyl (C=O) groups excluding carboxylic acids is 1. The zero-order valence-electron chi connectivity index (χ0n) is 35.2. The first-order valence-corrected chi connectivity index (χ1v) is 25.5. The van der Waals surface area contributed by atoms with Crippen LogP contribution in [0, 0.1) is 29.6 Å². The van der Waals surface area contributed by atoms with Crippen LogP contribution in [0.3, 0.4) is 0 Å². The number of nitrogens with two attached hydrogens (primary N) is 1. The van der Waals surface area contributed by atoms with Crippen molar-refractivity contribution in [2.45, 2.75) is 98.8 Å². The maximum Gasteiger partial charge on any atom is 0.243 e. The van der Waals surface area contributed by atoms with Gasteiger partial charge in [0.05, 0.1) is 15.8 Å². The second kappa shape index (κ2) is 19.4.